The van der Waals surface area contributed by atoms with E-state index in [0.29, 0.717) is 51.9 Å². The Morgan fingerprint density at radius 1 is 1.36 bits per heavy atom. The molecule has 28 heavy (non-hydrogen) atoms. The number of hydrogen-bond donors (Lipinski definition) is 3. The summed E-state index contributed by atoms with van der Waals surface area (Å²) in [6, 6.07) is -0.326. The standard InChI is InChI=1S/C16H28FN5O4S2/c1-26-7-6-21-12-3-2-11(28(24,25)20-16(9-17)4-5-16)8-13(12)22(15(21)23)14-18-10-19-27-14/h11-14,18-20H,2-10H2,1H3. The lowest BCUT2D eigenvalue weighted by Crippen LogP contribution is -2.53. The number of alkyl halides is 1. The molecule has 4 rings (SSSR count). The Morgan fingerprint density at radius 2 is 2.14 bits per heavy atom. The van der Waals surface area contributed by atoms with Gasteiger partial charge in [-0.1, -0.05) is 0 Å². The molecule has 2 aliphatic carbocycles. The number of amides is 2. The van der Waals surface area contributed by atoms with E-state index in [9.17, 15) is 17.6 Å². The minimum absolute atomic E-state index is 0.0341. The van der Waals surface area contributed by atoms with Gasteiger partial charge in [-0.05, 0) is 44.1 Å². The lowest BCUT2D eigenvalue weighted by molar-refractivity contribution is 0.136. The first-order chi connectivity index (χ1) is 13.4. The first kappa shape index (κ1) is 20.6. The van der Waals surface area contributed by atoms with Crippen LogP contribution >= 0.6 is 11.9 Å². The summed E-state index contributed by atoms with van der Waals surface area (Å²) in [4.78, 5) is 16.7. The van der Waals surface area contributed by atoms with Gasteiger partial charge in [-0.15, -0.1) is 0 Å². The lowest BCUT2D eigenvalue weighted by Gasteiger charge is -2.37. The number of carbonyl (C=O) groups is 1. The third kappa shape index (κ3) is 3.74. The summed E-state index contributed by atoms with van der Waals surface area (Å²) in [5.41, 5.74) is -1.12. The van der Waals surface area contributed by atoms with E-state index in [1.165, 1.54) is 11.9 Å². The molecular weight excluding hydrogens is 409 g/mol. The minimum Gasteiger partial charge on any atom is -0.383 e. The van der Waals surface area contributed by atoms with Crippen LogP contribution in [0, 0.1) is 0 Å². The van der Waals surface area contributed by atoms with Gasteiger partial charge in [0, 0.05) is 13.7 Å². The number of urea groups is 1. The maximum atomic E-state index is 13.2. The SMILES string of the molecule is COCCN1C(=O)N(C2NCNS2)C2CC(S(=O)(=O)NC3(CF)CC3)CCC21. The van der Waals surface area contributed by atoms with Crippen molar-refractivity contribution >= 4 is 28.0 Å². The predicted molar refractivity (Wildman–Crippen MR) is 104 cm³/mol. The fourth-order valence-electron chi connectivity index (χ4n) is 4.44. The van der Waals surface area contributed by atoms with Crippen LogP contribution in [0.5, 0.6) is 0 Å². The van der Waals surface area contributed by atoms with Gasteiger partial charge in [0.05, 0.1) is 36.1 Å². The zero-order valence-corrected chi connectivity index (χ0v) is 17.5. The zero-order chi connectivity index (χ0) is 19.9. The van der Waals surface area contributed by atoms with E-state index in [0.717, 1.165) is 0 Å². The number of fused-ring (bicyclic) bond motifs is 1. The van der Waals surface area contributed by atoms with Crippen LogP contribution in [0.4, 0.5) is 9.18 Å². The van der Waals surface area contributed by atoms with Crippen LogP contribution < -0.4 is 14.8 Å². The Labute approximate surface area is 169 Å². The smallest absolute Gasteiger partial charge is 0.322 e. The van der Waals surface area contributed by atoms with Gasteiger partial charge in [0.2, 0.25) is 10.0 Å². The second kappa shape index (κ2) is 7.88. The van der Waals surface area contributed by atoms with Crippen molar-refractivity contribution in [2.24, 2.45) is 0 Å². The number of rotatable bonds is 8. The molecule has 2 saturated heterocycles. The molecule has 4 aliphatic rings. The van der Waals surface area contributed by atoms with Gasteiger partial charge in [-0.25, -0.2) is 27.0 Å². The molecule has 2 saturated carbocycles. The van der Waals surface area contributed by atoms with Crippen LogP contribution in [0.25, 0.3) is 0 Å². The van der Waals surface area contributed by atoms with E-state index >= 15 is 0 Å². The number of nitrogens with one attached hydrogen (secondary N) is 3. The molecule has 2 amide bonds. The van der Waals surface area contributed by atoms with Gasteiger partial charge in [-0.2, -0.15) is 0 Å². The van der Waals surface area contributed by atoms with Crippen molar-refractivity contribution in [1.29, 1.82) is 0 Å². The fourth-order valence-corrected chi connectivity index (χ4v) is 7.22. The van der Waals surface area contributed by atoms with Crippen molar-refractivity contribution in [3.05, 3.63) is 0 Å². The number of hydrogen-bond acceptors (Lipinski definition) is 7. The molecule has 160 valence electrons. The highest BCUT2D eigenvalue weighted by Crippen LogP contribution is 2.41. The molecule has 0 aromatic carbocycles. The van der Waals surface area contributed by atoms with E-state index in [4.69, 9.17) is 4.74 Å². The summed E-state index contributed by atoms with van der Waals surface area (Å²) in [6.45, 7) is 0.832. The number of sulfonamides is 1. The molecular formula is C16H28FN5O4S2. The van der Waals surface area contributed by atoms with E-state index in [-0.39, 0.29) is 23.6 Å². The first-order valence-electron chi connectivity index (χ1n) is 9.69. The predicted octanol–water partition coefficient (Wildman–Crippen LogP) is 0.164. The quantitative estimate of drug-likeness (QED) is 0.465. The molecule has 2 aliphatic heterocycles. The summed E-state index contributed by atoms with van der Waals surface area (Å²) in [5, 5.41) is 2.62. The van der Waals surface area contributed by atoms with Crippen LogP contribution in [0.3, 0.4) is 0 Å². The highest BCUT2D eigenvalue weighted by atomic mass is 32.2. The molecule has 4 atom stereocenters. The summed E-state index contributed by atoms with van der Waals surface area (Å²) in [7, 11) is -2.04. The maximum Gasteiger partial charge on any atom is 0.322 e. The van der Waals surface area contributed by atoms with Crippen LogP contribution in [0.2, 0.25) is 0 Å². The molecule has 9 nitrogen and oxygen atoms in total. The third-order valence-corrected chi connectivity index (χ3v) is 9.15. The van der Waals surface area contributed by atoms with Crippen molar-refractivity contribution in [2.75, 3.05) is 33.6 Å². The molecule has 2 heterocycles. The Balaban J connectivity index is 1.53. The average Bonchev–Trinajstić information content (AvgIpc) is 3.11. The van der Waals surface area contributed by atoms with E-state index in [1.807, 2.05) is 4.90 Å². The van der Waals surface area contributed by atoms with Crippen LogP contribution in [0.1, 0.15) is 32.1 Å². The third-order valence-electron chi connectivity index (χ3n) is 6.20. The molecule has 3 N–H and O–H groups in total. The van der Waals surface area contributed by atoms with Crippen molar-refractivity contribution in [2.45, 2.75) is 60.5 Å². The number of carbonyl (C=O) groups excluding carboxylic acids is 1. The second-order valence-corrected chi connectivity index (χ2v) is 10.9. The van der Waals surface area contributed by atoms with Crippen LogP contribution in [-0.4, -0.2) is 86.2 Å². The molecule has 4 unspecified atom stereocenters. The van der Waals surface area contributed by atoms with Crippen LogP contribution in [0.15, 0.2) is 0 Å². The molecule has 0 aromatic rings. The number of nitrogens with zero attached hydrogens (tertiary/aromatic N) is 2. The van der Waals surface area contributed by atoms with E-state index in [2.05, 4.69) is 14.8 Å². The summed E-state index contributed by atoms with van der Waals surface area (Å²) in [6.07, 6.45) is 2.52. The maximum absolute atomic E-state index is 13.2. The minimum atomic E-state index is -3.64. The molecule has 0 radical (unpaired) electrons. The topological polar surface area (TPSA) is 103 Å². The van der Waals surface area contributed by atoms with Crippen molar-refractivity contribution in [3.8, 4) is 0 Å². The monoisotopic (exact) mass is 437 g/mol. The second-order valence-electron chi connectivity index (χ2n) is 8.00. The highest BCUT2D eigenvalue weighted by Gasteiger charge is 2.54. The molecule has 12 heteroatoms. The van der Waals surface area contributed by atoms with Crippen molar-refractivity contribution in [1.82, 2.24) is 24.6 Å². The number of halogens is 1. The summed E-state index contributed by atoms with van der Waals surface area (Å²) >= 11 is 1.43. The van der Waals surface area contributed by atoms with E-state index < -0.39 is 27.5 Å². The van der Waals surface area contributed by atoms with Crippen LogP contribution in [-0.2, 0) is 14.8 Å². The Kier molecular flexibility index (Phi) is 5.80. The largest absolute Gasteiger partial charge is 0.383 e. The Hall–Kier alpha value is -0.660. The highest BCUT2D eigenvalue weighted by molar-refractivity contribution is 7.98. The molecule has 4 fully saturated rings. The first-order valence-corrected chi connectivity index (χ1v) is 12.1. The molecule has 0 spiro atoms. The summed E-state index contributed by atoms with van der Waals surface area (Å²) in [5.74, 6) is 0. The average molecular weight is 438 g/mol. The molecule has 0 aromatic heterocycles. The normalized spacial score (nSPS) is 34.7. The van der Waals surface area contributed by atoms with Gasteiger partial charge in [0.15, 0.2) is 0 Å². The fraction of sp³-hybridized carbons (Fsp3) is 0.938. The van der Waals surface area contributed by atoms with E-state index in [1.54, 1.807) is 12.0 Å². The van der Waals surface area contributed by atoms with Gasteiger partial charge < -0.3 is 9.64 Å². The van der Waals surface area contributed by atoms with Gasteiger partial charge >= 0.3 is 6.03 Å². The van der Waals surface area contributed by atoms with Gasteiger partial charge in [0.1, 0.15) is 12.2 Å². The molecule has 0 bridgehead atoms. The van der Waals surface area contributed by atoms with Gasteiger partial charge in [-0.3, -0.25) is 10.2 Å². The van der Waals surface area contributed by atoms with Gasteiger partial charge in [0.25, 0.3) is 0 Å². The summed E-state index contributed by atoms with van der Waals surface area (Å²) < 4.78 is 49.9. The number of methoxy groups -OCH3 is 1. The zero-order valence-electron chi connectivity index (χ0n) is 15.9. The Bertz CT molecular complexity index is 701. The van der Waals surface area contributed by atoms with Crippen molar-refractivity contribution < 1.29 is 22.3 Å². The van der Waals surface area contributed by atoms with Crippen molar-refractivity contribution in [3.63, 3.8) is 0 Å². The Morgan fingerprint density at radius 3 is 2.75 bits per heavy atom. The lowest BCUT2D eigenvalue weighted by atomic mass is 9.90. The number of ether oxygens (including phenoxy) is 1.